The summed E-state index contributed by atoms with van der Waals surface area (Å²) in [5, 5.41) is 0. The monoisotopic (exact) mass is 222 g/mol. The first-order valence-corrected chi connectivity index (χ1v) is 7.44. The van der Waals surface area contributed by atoms with Gasteiger partial charge in [-0.2, -0.15) is 0 Å². The number of rotatable bonds is 3. The van der Waals surface area contributed by atoms with Crippen LogP contribution in [0.3, 0.4) is 0 Å². The lowest BCUT2D eigenvalue weighted by molar-refractivity contribution is 0.577. The molecule has 0 aromatic carbocycles. The Hall–Kier alpha value is -0.690. The van der Waals surface area contributed by atoms with Gasteiger partial charge < -0.3 is 4.57 Å². The van der Waals surface area contributed by atoms with Gasteiger partial charge in [0.1, 0.15) is 0 Å². The lowest BCUT2D eigenvalue weighted by Gasteiger charge is -2.14. The summed E-state index contributed by atoms with van der Waals surface area (Å²) in [4.78, 5) is 8.60. The molecule has 1 aromatic heterocycles. The third-order valence-electron chi connectivity index (χ3n) is 3.26. The molecule has 4 heteroatoms. The Morgan fingerprint density at radius 3 is 2.00 bits per heavy atom. The van der Waals surface area contributed by atoms with Crippen molar-refractivity contribution in [2.45, 2.75) is 43.9 Å². The molecule has 0 aliphatic heterocycles. The van der Waals surface area contributed by atoms with Gasteiger partial charge in [0.05, 0.1) is 0 Å². The molecule has 0 saturated heterocycles. The van der Waals surface area contributed by atoms with Crippen molar-refractivity contribution in [3.63, 3.8) is 0 Å². The van der Waals surface area contributed by atoms with Gasteiger partial charge in [-0.1, -0.05) is 0 Å². The second kappa shape index (κ2) is 3.15. The minimum atomic E-state index is -2.24. The standard InChI is InChI=1S/C11H15N2OP/c1-8-6-12-11(13-7-8)15(14,9-2-3-9)10-4-5-10/h6-7,9-10H,2-5H2,1H3. The van der Waals surface area contributed by atoms with Crippen molar-refractivity contribution in [1.29, 1.82) is 0 Å². The summed E-state index contributed by atoms with van der Waals surface area (Å²) >= 11 is 0. The molecule has 0 unspecified atom stereocenters. The molecule has 0 N–H and O–H groups in total. The Morgan fingerprint density at radius 1 is 1.13 bits per heavy atom. The highest BCUT2D eigenvalue weighted by Gasteiger charge is 2.53. The molecule has 0 amide bonds. The van der Waals surface area contributed by atoms with Crippen molar-refractivity contribution >= 4 is 12.7 Å². The summed E-state index contributed by atoms with van der Waals surface area (Å²) in [7, 11) is -2.24. The number of hydrogen-bond donors (Lipinski definition) is 0. The Morgan fingerprint density at radius 2 is 1.60 bits per heavy atom. The first kappa shape index (κ1) is 9.53. The first-order chi connectivity index (χ1) is 7.21. The van der Waals surface area contributed by atoms with Crippen LogP contribution in [0.5, 0.6) is 0 Å². The molecule has 1 aromatic rings. The van der Waals surface area contributed by atoms with Crippen molar-refractivity contribution in [3.8, 4) is 0 Å². The fourth-order valence-corrected chi connectivity index (χ4v) is 5.67. The van der Waals surface area contributed by atoms with Gasteiger partial charge in [-0.05, 0) is 38.2 Å². The van der Waals surface area contributed by atoms with E-state index in [1.807, 2.05) is 6.92 Å². The van der Waals surface area contributed by atoms with Gasteiger partial charge in [-0.3, -0.25) is 0 Å². The summed E-state index contributed by atoms with van der Waals surface area (Å²) in [6, 6.07) is 0. The molecule has 3 rings (SSSR count). The van der Waals surface area contributed by atoms with E-state index in [-0.39, 0.29) is 0 Å². The molecule has 0 radical (unpaired) electrons. The second-order valence-corrected chi connectivity index (χ2v) is 8.01. The van der Waals surface area contributed by atoms with Crippen LogP contribution in [0.1, 0.15) is 31.2 Å². The van der Waals surface area contributed by atoms with E-state index in [2.05, 4.69) is 9.97 Å². The molecular formula is C11H15N2OP. The van der Waals surface area contributed by atoms with E-state index >= 15 is 0 Å². The highest BCUT2D eigenvalue weighted by molar-refractivity contribution is 7.73. The SMILES string of the molecule is Cc1cnc(P(=O)(C2CC2)C2CC2)nc1. The number of aryl methyl sites for hydroxylation is 1. The predicted octanol–water partition coefficient (Wildman–Crippen LogP) is 2.10. The summed E-state index contributed by atoms with van der Waals surface area (Å²) in [5.41, 5.74) is 2.51. The zero-order valence-corrected chi connectivity index (χ0v) is 9.78. The van der Waals surface area contributed by atoms with Gasteiger partial charge >= 0.3 is 0 Å². The molecule has 2 aliphatic carbocycles. The largest absolute Gasteiger partial charge is 0.315 e. The van der Waals surface area contributed by atoms with Gasteiger partial charge in [0.15, 0.2) is 12.7 Å². The summed E-state index contributed by atoms with van der Waals surface area (Å²) in [6.45, 7) is 1.96. The van der Waals surface area contributed by atoms with E-state index in [1.165, 1.54) is 0 Å². The van der Waals surface area contributed by atoms with Crippen molar-refractivity contribution in [2.24, 2.45) is 0 Å². The zero-order valence-electron chi connectivity index (χ0n) is 8.89. The van der Waals surface area contributed by atoms with Gasteiger partial charge in [-0.25, -0.2) is 9.97 Å². The molecule has 1 heterocycles. The summed E-state index contributed by atoms with van der Waals surface area (Å²) in [6.07, 6.45) is 8.05. The average Bonchev–Trinajstić information content (AvgIpc) is 3.07. The molecule has 0 spiro atoms. The lowest BCUT2D eigenvalue weighted by Crippen LogP contribution is -2.19. The third-order valence-corrected chi connectivity index (χ3v) is 7.32. The molecule has 0 bridgehead atoms. The fourth-order valence-electron chi connectivity index (χ4n) is 2.11. The van der Waals surface area contributed by atoms with Crippen molar-refractivity contribution in [1.82, 2.24) is 9.97 Å². The van der Waals surface area contributed by atoms with Crippen LogP contribution in [0.15, 0.2) is 12.4 Å². The van der Waals surface area contributed by atoms with Crippen LogP contribution in [0.4, 0.5) is 0 Å². The maximum Gasteiger partial charge on any atom is 0.189 e. The number of nitrogens with zero attached hydrogens (tertiary/aromatic N) is 2. The summed E-state index contributed by atoms with van der Waals surface area (Å²) < 4.78 is 12.9. The highest BCUT2D eigenvalue weighted by Crippen LogP contribution is 2.68. The van der Waals surface area contributed by atoms with E-state index in [0.29, 0.717) is 16.9 Å². The van der Waals surface area contributed by atoms with Crippen LogP contribution in [0, 0.1) is 6.92 Å². The van der Waals surface area contributed by atoms with Gasteiger partial charge in [0, 0.05) is 23.7 Å². The quantitative estimate of drug-likeness (QED) is 0.735. The Bertz CT molecular complexity index is 405. The molecule has 15 heavy (non-hydrogen) atoms. The molecule has 2 fully saturated rings. The molecule has 3 nitrogen and oxygen atoms in total. The minimum absolute atomic E-state index is 0.410. The summed E-state index contributed by atoms with van der Waals surface area (Å²) in [5.74, 6) is 0. The third kappa shape index (κ3) is 1.53. The van der Waals surface area contributed by atoms with Crippen molar-refractivity contribution in [2.75, 3.05) is 0 Å². The van der Waals surface area contributed by atoms with E-state index in [1.54, 1.807) is 12.4 Å². The maximum atomic E-state index is 12.9. The second-order valence-electron chi connectivity index (χ2n) is 4.73. The van der Waals surface area contributed by atoms with Crippen LogP contribution < -0.4 is 5.57 Å². The van der Waals surface area contributed by atoms with Crippen LogP contribution in [0.2, 0.25) is 0 Å². The van der Waals surface area contributed by atoms with Gasteiger partial charge in [0.2, 0.25) is 0 Å². The number of aromatic nitrogens is 2. The van der Waals surface area contributed by atoms with Crippen LogP contribution in [0.25, 0.3) is 0 Å². The predicted molar refractivity (Wildman–Crippen MR) is 60.1 cm³/mol. The van der Waals surface area contributed by atoms with Crippen LogP contribution in [-0.2, 0) is 4.57 Å². The average molecular weight is 222 g/mol. The van der Waals surface area contributed by atoms with E-state index in [4.69, 9.17) is 0 Å². The van der Waals surface area contributed by atoms with Crippen LogP contribution >= 0.6 is 7.14 Å². The fraction of sp³-hybridized carbons (Fsp3) is 0.636. The maximum absolute atomic E-state index is 12.9. The topological polar surface area (TPSA) is 42.9 Å². The Kier molecular flexibility index (Phi) is 2.00. The first-order valence-electron chi connectivity index (χ1n) is 5.60. The Labute approximate surface area is 89.7 Å². The molecule has 80 valence electrons. The smallest absolute Gasteiger partial charge is 0.189 e. The Balaban J connectivity index is 2.01. The normalized spacial score (nSPS) is 21.7. The van der Waals surface area contributed by atoms with Crippen molar-refractivity contribution in [3.05, 3.63) is 18.0 Å². The van der Waals surface area contributed by atoms with Crippen LogP contribution in [-0.4, -0.2) is 21.3 Å². The lowest BCUT2D eigenvalue weighted by atomic mass is 10.4. The zero-order chi connectivity index (χ0) is 10.5. The van der Waals surface area contributed by atoms with Crippen molar-refractivity contribution < 1.29 is 4.57 Å². The molecule has 2 aliphatic rings. The van der Waals surface area contributed by atoms with E-state index in [0.717, 1.165) is 31.2 Å². The van der Waals surface area contributed by atoms with Gasteiger partial charge in [-0.15, -0.1) is 0 Å². The number of hydrogen-bond acceptors (Lipinski definition) is 3. The molecular weight excluding hydrogens is 207 g/mol. The van der Waals surface area contributed by atoms with E-state index in [9.17, 15) is 4.57 Å². The van der Waals surface area contributed by atoms with Gasteiger partial charge in [0.25, 0.3) is 0 Å². The molecule has 2 saturated carbocycles. The molecule has 0 atom stereocenters. The van der Waals surface area contributed by atoms with E-state index < -0.39 is 7.14 Å². The minimum Gasteiger partial charge on any atom is -0.315 e. The highest BCUT2D eigenvalue weighted by atomic mass is 31.2.